The molecule has 5 aliphatic carbocycles. The van der Waals surface area contributed by atoms with Gasteiger partial charge in [-0.1, -0.05) is 36.4 Å². The minimum atomic E-state index is -1.91. The molecule has 0 N–H and O–H groups in total. The zero-order valence-electron chi connectivity index (χ0n) is 15.2. The summed E-state index contributed by atoms with van der Waals surface area (Å²) >= 11 is 0. The van der Waals surface area contributed by atoms with Gasteiger partial charge < -0.3 is 4.74 Å². The summed E-state index contributed by atoms with van der Waals surface area (Å²) in [6.07, 6.45) is 4.09. The Morgan fingerprint density at radius 3 is 1.60 bits per heavy atom. The lowest BCUT2D eigenvalue weighted by Gasteiger charge is -2.58. The van der Waals surface area contributed by atoms with Crippen molar-refractivity contribution in [2.45, 2.75) is 18.3 Å². The van der Waals surface area contributed by atoms with Crippen LogP contribution in [0.4, 0.5) is 17.6 Å². The summed E-state index contributed by atoms with van der Waals surface area (Å²) in [4.78, 5) is 26.6. The van der Waals surface area contributed by atoms with E-state index >= 15 is 8.78 Å². The largest absolute Gasteiger partial charge is 0.392 e. The molecule has 0 spiro atoms. The van der Waals surface area contributed by atoms with Crippen LogP contribution in [0.1, 0.15) is 40.5 Å². The first-order valence-electron chi connectivity index (χ1n) is 9.78. The highest BCUT2D eigenvalue weighted by molar-refractivity contribution is 6.07. The number of cyclic esters (lactones) is 2. The standard InChI is InChI=1S/C23H12F4O3/c24-16-12-13(17(25)19(27)18(16)26)15-11-4-2-1-3-10(11)14(12)22-8-5-6-9(7-8)23(15,22)21(29)30-20(22)28/h1-6,8-9,14-15H,7H2/t8-,9+,14+,15-,22-,23-/m0/s1. The van der Waals surface area contributed by atoms with E-state index in [0.29, 0.717) is 17.5 Å². The third-order valence-corrected chi connectivity index (χ3v) is 8.25. The maximum absolute atomic E-state index is 15.2. The number of hydrogen-bond donors (Lipinski definition) is 0. The average molecular weight is 412 g/mol. The van der Waals surface area contributed by atoms with Crippen molar-refractivity contribution in [3.05, 3.63) is 81.9 Å². The van der Waals surface area contributed by atoms with Gasteiger partial charge in [0.15, 0.2) is 23.3 Å². The van der Waals surface area contributed by atoms with Crippen molar-refractivity contribution in [1.82, 2.24) is 0 Å². The molecule has 2 aromatic carbocycles. The van der Waals surface area contributed by atoms with Gasteiger partial charge in [-0.15, -0.1) is 0 Å². The number of carbonyl (C=O) groups excluding carboxylic acids is 2. The lowest BCUT2D eigenvalue weighted by molar-refractivity contribution is -0.157. The van der Waals surface area contributed by atoms with Gasteiger partial charge in [-0.2, -0.15) is 0 Å². The van der Waals surface area contributed by atoms with E-state index in [1.165, 1.54) is 0 Å². The summed E-state index contributed by atoms with van der Waals surface area (Å²) in [7, 11) is 0. The predicted molar refractivity (Wildman–Crippen MR) is 93.1 cm³/mol. The first kappa shape index (κ1) is 16.8. The van der Waals surface area contributed by atoms with E-state index in [4.69, 9.17) is 4.74 Å². The molecule has 0 aromatic heterocycles. The number of fused-ring (bicyclic) bond motifs is 2. The zero-order valence-corrected chi connectivity index (χ0v) is 15.2. The fourth-order valence-corrected chi connectivity index (χ4v) is 7.55. The van der Waals surface area contributed by atoms with Crippen LogP contribution in [-0.2, 0) is 14.3 Å². The smallest absolute Gasteiger partial charge is 0.322 e. The number of hydrogen-bond acceptors (Lipinski definition) is 3. The SMILES string of the molecule is O=C1OC(=O)[C@]23[C@@H]4c5ccccc5[C@@H](c5c(F)c(F)c(F)c(F)c54)[C@@]12[C@@H]1C=C[C@H]3C1. The second-order valence-electron chi connectivity index (χ2n) is 8.83. The molecular weight excluding hydrogens is 400 g/mol. The highest BCUT2D eigenvalue weighted by Gasteiger charge is 2.87. The van der Waals surface area contributed by atoms with Gasteiger partial charge in [0, 0.05) is 23.0 Å². The second-order valence-corrected chi connectivity index (χ2v) is 8.83. The summed E-state index contributed by atoms with van der Waals surface area (Å²) < 4.78 is 64.3. The number of halogens is 4. The Morgan fingerprint density at radius 2 is 1.17 bits per heavy atom. The van der Waals surface area contributed by atoms with Crippen LogP contribution in [0.25, 0.3) is 0 Å². The summed E-state index contributed by atoms with van der Waals surface area (Å²) in [5, 5.41) is 0. The summed E-state index contributed by atoms with van der Waals surface area (Å²) in [5.74, 6) is -11.6. The Labute approximate surface area is 167 Å². The molecule has 150 valence electrons. The summed E-state index contributed by atoms with van der Waals surface area (Å²) in [6, 6.07) is 6.74. The molecule has 30 heavy (non-hydrogen) atoms. The lowest BCUT2D eigenvalue weighted by atomic mass is 9.38. The molecule has 3 nitrogen and oxygen atoms in total. The minimum Gasteiger partial charge on any atom is -0.392 e. The zero-order chi connectivity index (χ0) is 20.7. The molecule has 2 fully saturated rings. The van der Waals surface area contributed by atoms with Gasteiger partial charge in [-0.05, 0) is 29.4 Å². The number of ether oxygens (including phenoxy) is 1. The van der Waals surface area contributed by atoms with E-state index in [1.54, 1.807) is 24.3 Å². The molecule has 0 amide bonds. The number of esters is 2. The average Bonchev–Trinajstić information content (AvgIpc) is 3.42. The van der Waals surface area contributed by atoms with E-state index in [0.717, 1.165) is 0 Å². The quantitative estimate of drug-likeness (QED) is 0.163. The van der Waals surface area contributed by atoms with E-state index in [1.807, 2.05) is 12.2 Å². The third-order valence-electron chi connectivity index (χ3n) is 8.25. The number of rotatable bonds is 0. The van der Waals surface area contributed by atoms with Crippen LogP contribution < -0.4 is 0 Å². The molecule has 0 radical (unpaired) electrons. The van der Waals surface area contributed by atoms with Crippen LogP contribution >= 0.6 is 0 Å². The van der Waals surface area contributed by atoms with Crippen molar-refractivity contribution in [3.63, 3.8) is 0 Å². The number of carbonyl (C=O) groups is 2. The van der Waals surface area contributed by atoms with Crippen LogP contribution in [0, 0.1) is 45.9 Å². The van der Waals surface area contributed by atoms with Gasteiger partial charge in [0.25, 0.3) is 0 Å². The molecule has 7 heteroatoms. The van der Waals surface area contributed by atoms with Crippen LogP contribution in [0.3, 0.4) is 0 Å². The lowest BCUT2D eigenvalue weighted by Crippen LogP contribution is -2.61. The molecule has 6 aliphatic rings. The Bertz CT molecular complexity index is 1190. The van der Waals surface area contributed by atoms with Gasteiger partial charge >= 0.3 is 11.9 Å². The van der Waals surface area contributed by atoms with Gasteiger partial charge in [-0.3, -0.25) is 9.59 Å². The predicted octanol–water partition coefficient (Wildman–Crippen LogP) is 4.10. The number of allylic oxidation sites excluding steroid dienone is 2. The monoisotopic (exact) mass is 412 g/mol. The molecule has 1 heterocycles. The Kier molecular flexibility index (Phi) is 2.62. The molecule has 1 saturated heterocycles. The van der Waals surface area contributed by atoms with Gasteiger partial charge in [0.2, 0.25) is 0 Å². The first-order chi connectivity index (χ1) is 14.4. The Hall–Kier alpha value is -2.96. The van der Waals surface area contributed by atoms with Crippen LogP contribution in [0.15, 0.2) is 36.4 Å². The van der Waals surface area contributed by atoms with Crippen molar-refractivity contribution in [1.29, 1.82) is 0 Å². The second kappa shape index (κ2) is 4.68. The van der Waals surface area contributed by atoms with Crippen molar-refractivity contribution in [2.24, 2.45) is 22.7 Å². The molecular formula is C23H12F4O3. The molecule has 1 saturated carbocycles. The summed E-state index contributed by atoms with van der Waals surface area (Å²) in [6.45, 7) is 0. The first-order valence-corrected chi connectivity index (χ1v) is 9.78. The van der Waals surface area contributed by atoms with Crippen LogP contribution in [0.5, 0.6) is 0 Å². The highest BCUT2D eigenvalue weighted by atomic mass is 19.2. The third kappa shape index (κ3) is 1.29. The van der Waals surface area contributed by atoms with Crippen molar-refractivity contribution in [2.75, 3.05) is 0 Å². The molecule has 4 bridgehead atoms. The van der Waals surface area contributed by atoms with E-state index < -0.39 is 69.7 Å². The van der Waals surface area contributed by atoms with Crippen LogP contribution in [-0.4, -0.2) is 11.9 Å². The van der Waals surface area contributed by atoms with E-state index in [2.05, 4.69) is 0 Å². The van der Waals surface area contributed by atoms with Gasteiger partial charge in [-0.25, -0.2) is 17.6 Å². The van der Waals surface area contributed by atoms with Gasteiger partial charge in [0.05, 0.1) is 0 Å². The Balaban J connectivity index is 1.74. The van der Waals surface area contributed by atoms with Crippen molar-refractivity contribution in [3.8, 4) is 0 Å². The van der Waals surface area contributed by atoms with E-state index in [9.17, 15) is 18.4 Å². The Morgan fingerprint density at radius 1 is 0.733 bits per heavy atom. The molecule has 1 aliphatic heterocycles. The molecule has 8 rings (SSSR count). The molecule has 6 atom stereocenters. The topological polar surface area (TPSA) is 43.4 Å². The maximum atomic E-state index is 15.2. The highest BCUT2D eigenvalue weighted by Crippen LogP contribution is 2.83. The van der Waals surface area contributed by atoms with E-state index in [-0.39, 0.29) is 11.1 Å². The normalized spacial score (nSPS) is 38.4. The fourth-order valence-electron chi connectivity index (χ4n) is 7.55. The fraction of sp³-hybridized carbons (Fsp3) is 0.304. The number of benzene rings is 2. The minimum absolute atomic E-state index is 0.363. The maximum Gasteiger partial charge on any atom is 0.322 e. The summed E-state index contributed by atoms with van der Waals surface area (Å²) in [5.41, 5.74) is -2.65. The van der Waals surface area contributed by atoms with Gasteiger partial charge in [0.1, 0.15) is 10.8 Å². The molecule has 0 unspecified atom stereocenters. The van der Waals surface area contributed by atoms with Crippen molar-refractivity contribution < 1.29 is 31.9 Å². The van der Waals surface area contributed by atoms with Crippen LogP contribution in [0.2, 0.25) is 0 Å². The van der Waals surface area contributed by atoms with Crippen molar-refractivity contribution >= 4 is 11.9 Å². The molecule has 2 aromatic rings.